The molecule has 23 heavy (non-hydrogen) atoms. The normalized spacial score (nSPS) is 11.0. The van der Waals surface area contributed by atoms with Gasteiger partial charge in [0.2, 0.25) is 0 Å². The molecule has 0 aliphatic rings. The number of rotatable bonds is 3. The van der Waals surface area contributed by atoms with Gasteiger partial charge in [0, 0.05) is 0 Å². The second kappa shape index (κ2) is 7.68. The van der Waals surface area contributed by atoms with Crippen LogP contribution < -0.4 is 29.6 Å². The SMILES string of the molecule is Cc1cc(S(=O)(=O)[O-])ccc1N=Nc1ccc(O)c(C#N)c1.[Na+]. The van der Waals surface area contributed by atoms with Crippen molar-refractivity contribution in [3.63, 3.8) is 0 Å². The smallest absolute Gasteiger partial charge is 0.744 e. The largest absolute Gasteiger partial charge is 1.00 e. The summed E-state index contributed by atoms with van der Waals surface area (Å²) in [4.78, 5) is -0.333. The molecule has 0 heterocycles. The number of benzene rings is 2. The Hall–Kier alpha value is -1.76. The Morgan fingerprint density at radius 2 is 1.87 bits per heavy atom. The average Bonchev–Trinajstić information content (AvgIpc) is 2.46. The van der Waals surface area contributed by atoms with E-state index in [4.69, 9.17) is 5.26 Å². The van der Waals surface area contributed by atoms with Crippen molar-refractivity contribution in [2.75, 3.05) is 0 Å². The van der Waals surface area contributed by atoms with Crippen LogP contribution in [0.4, 0.5) is 11.4 Å². The van der Waals surface area contributed by atoms with Crippen LogP contribution in [0.25, 0.3) is 0 Å². The molecule has 1 N–H and O–H groups in total. The number of phenolic OH excluding ortho intramolecular Hbond substituents is 1. The van der Waals surface area contributed by atoms with E-state index < -0.39 is 10.1 Å². The van der Waals surface area contributed by atoms with Crippen LogP contribution in [0.2, 0.25) is 0 Å². The number of phenols is 1. The molecule has 0 saturated carbocycles. The molecule has 0 fully saturated rings. The number of aryl methyl sites for hydroxylation is 1. The maximum absolute atomic E-state index is 10.9. The van der Waals surface area contributed by atoms with Crippen molar-refractivity contribution >= 4 is 21.5 Å². The Morgan fingerprint density at radius 1 is 1.17 bits per heavy atom. The van der Waals surface area contributed by atoms with E-state index >= 15 is 0 Å². The van der Waals surface area contributed by atoms with Gasteiger partial charge in [0.1, 0.15) is 21.9 Å². The summed E-state index contributed by atoms with van der Waals surface area (Å²) >= 11 is 0. The molecule has 0 spiro atoms. The number of nitrogens with zero attached hydrogens (tertiary/aromatic N) is 3. The summed E-state index contributed by atoms with van der Waals surface area (Å²) in [6.07, 6.45) is 0. The summed E-state index contributed by atoms with van der Waals surface area (Å²) < 4.78 is 32.7. The van der Waals surface area contributed by atoms with Gasteiger partial charge in [-0.05, 0) is 48.9 Å². The number of aromatic hydroxyl groups is 1. The van der Waals surface area contributed by atoms with E-state index in [-0.39, 0.29) is 45.8 Å². The van der Waals surface area contributed by atoms with Gasteiger partial charge in [0.25, 0.3) is 0 Å². The molecule has 0 amide bonds. The summed E-state index contributed by atoms with van der Waals surface area (Å²) in [6.45, 7) is 1.60. The second-order valence-electron chi connectivity index (χ2n) is 4.42. The van der Waals surface area contributed by atoms with Crippen LogP contribution in [0.5, 0.6) is 5.75 Å². The van der Waals surface area contributed by atoms with E-state index in [2.05, 4.69) is 10.2 Å². The maximum Gasteiger partial charge on any atom is 1.00 e. The summed E-state index contributed by atoms with van der Waals surface area (Å²) in [5.74, 6) is -0.150. The summed E-state index contributed by atoms with van der Waals surface area (Å²) in [6, 6.07) is 9.73. The average molecular weight is 339 g/mol. The Morgan fingerprint density at radius 3 is 2.43 bits per heavy atom. The van der Waals surface area contributed by atoms with Gasteiger partial charge in [-0.15, -0.1) is 0 Å². The summed E-state index contributed by atoms with van der Waals surface area (Å²) in [7, 11) is -4.51. The Kier molecular flexibility index (Phi) is 6.44. The first-order valence-electron chi connectivity index (χ1n) is 6.02. The predicted molar refractivity (Wildman–Crippen MR) is 76.1 cm³/mol. The van der Waals surface area contributed by atoms with Crippen LogP contribution in [-0.2, 0) is 10.1 Å². The van der Waals surface area contributed by atoms with Gasteiger partial charge in [0.15, 0.2) is 0 Å². The molecule has 0 bridgehead atoms. The molecule has 2 rings (SSSR count). The monoisotopic (exact) mass is 339 g/mol. The zero-order valence-electron chi connectivity index (χ0n) is 12.4. The topological polar surface area (TPSA) is 126 Å². The van der Waals surface area contributed by atoms with Gasteiger partial charge in [-0.25, -0.2) is 8.42 Å². The summed E-state index contributed by atoms with van der Waals surface area (Å²) in [5, 5.41) is 26.1. The van der Waals surface area contributed by atoms with Crippen LogP contribution in [0.3, 0.4) is 0 Å². The van der Waals surface area contributed by atoms with E-state index in [1.165, 1.54) is 30.3 Å². The number of hydrogen-bond donors (Lipinski definition) is 1. The third kappa shape index (κ3) is 4.86. The standard InChI is InChI=1S/C14H11N3O4S.Na/c1-9-6-12(22(19,20)21)3-4-13(9)17-16-11-2-5-14(18)10(7-11)8-15;/h2-7,18H,1H3,(H,19,20,21);/q;+1/p-1. The van der Waals surface area contributed by atoms with Crippen LogP contribution in [0.15, 0.2) is 51.5 Å². The third-order valence-electron chi connectivity index (χ3n) is 2.83. The van der Waals surface area contributed by atoms with Crippen molar-refractivity contribution in [2.45, 2.75) is 11.8 Å². The van der Waals surface area contributed by atoms with Crippen LogP contribution in [0.1, 0.15) is 11.1 Å². The van der Waals surface area contributed by atoms with Crippen molar-refractivity contribution in [3.05, 3.63) is 47.5 Å². The number of nitriles is 1. The van der Waals surface area contributed by atoms with Gasteiger partial charge in [-0.2, -0.15) is 15.5 Å². The molecule has 0 saturated heterocycles. The predicted octanol–water partition coefficient (Wildman–Crippen LogP) is -0.104. The molecular formula is C14H10N3NaO4S. The molecular weight excluding hydrogens is 329 g/mol. The molecule has 2 aromatic carbocycles. The molecule has 9 heteroatoms. The minimum absolute atomic E-state index is 0. The Bertz CT molecular complexity index is 905. The van der Waals surface area contributed by atoms with Gasteiger partial charge in [0.05, 0.1) is 21.8 Å². The van der Waals surface area contributed by atoms with Crippen LogP contribution in [-0.4, -0.2) is 18.1 Å². The van der Waals surface area contributed by atoms with Gasteiger partial charge < -0.3 is 9.66 Å². The molecule has 0 aliphatic carbocycles. The van der Waals surface area contributed by atoms with E-state index in [0.29, 0.717) is 16.9 Å². The van der Waals surface area contributed by atoms with E-state index in [9.17, 15) is 18.1 Å². The minimum atomic E-state index is -4.51. The summed E-state index contributed by atoms with van der Waals surface area (Å²) in [5.41, 5.74) is 1.29. The molecule has 2 aromatic rings. The minimum Gasteiger partial charge on any atom is -0.744 e. The molecule has 0 radical (unpaired) electrons. The maximum atomic E-state index is 10.9. The Balaban J connectivity index is 0.00000264. The van der Waals surface area contributed by atoms with Gasteiger partial charge in [-0.1, -0.05) is 0 Å². The van der Waals surface area contributed by atoms with E-state index in [1.807, 2.05) is 6.07 Å². The Labute approximate surface area is 155 Å². The fourth-order valence-electron chi connectivity index (χ4n) is 1.68. The zero-order chi connectivity index (χ0) is 16.3. The van der Waals surface area contributed by atoms with E-state index in [1.54, 1.807) is 6.92 Å². The van der Waals surface area contributed by atoms with Crippen molar-refractivity contribution < 1.29 is 47.6 Å². The number of azo groups is 1. The molecule has 0 atom stereocenters. The molecule has 7 nitrogen and oxygen atoms in total. The van der Waals surface area contributed by atoms with Crippen LogP contribution in [0, 0.1) is 18.3 Å². The quantitative estimate of drug-likeness (QED) is 0.474. The van der Waals surface area contributed by atoms with Gasteiger partial charge >= 0.3 is 29.6 Å². The first-order valence-corrected chi connectivity index (χ1v) is 7.43. The molecule has 0 unspecified atom stereocenters. The number of hydrogen-bond acceptors (Lipinski definition) is 7. The molecule has 0 aromatic heterocycles. The fraction of sp³-hybridized carbons (Fsp3) is 0.0714. The second-order valence-corrected chi connectivity index (χ2v) is 5.80. The van der Waals surface area contributed by atoms with Crippen LogP contribution >= 0.6 is 0 Å². The fourth-order valence-corrected chi connectivity index (χ4v) is 2.24. The van der Waals surface area contributed by atoms with Crippen molar-refractivity contribution in [1.29, 1.82) is 5.26 Å². The van der Waals surface area contributed by atoms with E-state index in [0.717, 1.165) is 6.07 Å². The molecule has 0 aliphatic heterocycles. The first-order chi connectivity index (χ1) is 10.3. The van der Waals surface area contributed by atoms with Crippen molar-refractivity contribution in [2.24, 2.45) is 10.2 Å². The third-order valence-corrected chi connectivity index (χ3v) is 3.66. The van der Waals surface area contributed by atoms with Crippen molar-refractivity contribution in [3.8, 4) is 11.8 Å². The van der Waals surface area contributed by atoms with Gasteiger partial charge in [-0.3, -0.25) is 0 Å². The zero-order valence-corrected chi connectivity index (χ0v) is 15.2. The molecule has 112 valence electrons. The van der Waals surface area contributed by atoms with Crippen molar-refractivity contribution in [1.82, 2.24) is 0 Å². The first kappa shape index (κ1) is 19.3.